The molecule has 0 saturated heterocycles. The third-order valence-electron chi connectivity index (χ3n) is 7.30. The molecule has 0 radical (unpaired) electrons. The van der Waals surface area contributed by atoms with Crippen LogP contribution in [0.2, 0.25) is 0 Å². The molecule has 200 valence electrons. The predicted octanol–water partition coefficient (Wildman–Crippen LogP) is 10.3. The average Bonchev–Trinajstić information content (AvgIpc) is 2.79. The van der Waals surface area contributed by atoms with Crippen molar-refractivity contribution in [2.75, 3.05) is 0 Å². The standard InChI is InChI=1S/C31H64O2/c1-3-4-5-6-7-8-9-10-11-12-13-14-15-16-17-18-19-20-21-22-23-24-25-28-31(33)29-26-27-30(2)32/h30-33H,3-29H2,1-2H3. The smallest absolute Gasteiger partial charge is 0.0540 e. The summed E-state index contributed by atoms with van der Waals surface area (Å²) in [5.41, 5.74) is 0. The molecule has 2 atom stereocenters. The molecule has 0 spiro atoms. The Balaban J connectivity index is 3.08. The van der Waals surface area contributed by atoms with Crippen molar-refractivity contribution in [2.24, 2.45) is 0 Å². The number of unbranched alkanes of at least 4 members (excludes halogenated alkanes) is 22. The first kappa shape index (κ1) is 32.9. The summed E-state index contributed by atoms with van der Waals surface area (Å²) in [6, 6.07) is 0. The molecule has 0 amide bonds. The van der Waals surface area contributed by atoms with Gasteiger partial charge in [0, 0.05) is 0 Å². The van der Waals surface area contributed by atoms with Crippen molar-refractivity contribution in [1.82, 2.24) is 0 Å². The second kappa shape index (κ2) is 28.2. The van der Waals surface area contributed by atoms with Gasteiger partial charge < -0.3 is 10.2 Å². The monoisotopic (exact) mass is 468 g/mol. The van der Waals surface area contributed by atoms with Crippen LogP contribution in [0.3, 0.4) is 0 Å². The van der Waals surface area contributed by atoms with E-state index in [1.807, 2.05) is 6.92 Å². The van der Waals surface area contributed by atoms with Gasteiger partial charge in [-0.25, -0.2) is 0 Å². The second-order valence-corrected chi connectivity index (χ2v) is 11.0. The third-order valence-corrected chi connectivity index (χ3v) is 7.30. The number of aliphatic hydroxyl groups excluding tert-OH is 2. The van der Waals surface area contributed by atoms with Gasteiger partial charge in [-0.05, 0) is 32.6 Å². The van der Waals surface area contributed by atoms with Crippen LogP contribution in [-0.2, 0) is 0 Å². The molecule has 0 aromatic heterocycles. The molecule has 2 unspecified atom stereocenters. The molecule has 2 N–H and O–H groups in total. The third kappa shape index (κ3) is 29.9. The predicted molar refractivity (Wildman–Crippen MR) is 148 cm³/mol. The Bertz CT molecular complexity index is 342. The molecule has 0 aromatic carbocycles. The summed E-state index contributed by atoms with van der Waals surface area (Å²) in [6.07, 6.45) is 35.8. The van der Waals surface area contributed by atoms with Crippen LogP contribution in [-0.4, -0.2) is 22.4 Å². The molecule has 2 heteroatoms. The van der Waals surface area contributed by atoms with E-state index < -0.39 is 0 Å². The van der Waals surface area contributed by atoms with Gasteiger partial charge in [-0.1, -0.05) is 155 Å². The second-order valence-electron chi connectivity index (χ2n) is 11.0. The van der Waals surface area contributed by atoms with Gasteiger partial charge in [0.1, 0.15) is 0 Å². The summed E-state index contributed by atoms with van der Waals surface area (Å²) in [5.74, 6) is 0. The molecule has 0 aliphatic heterocycles. The highest BCUT2D eigenvalue weighted by molar-refractivity contribution is 4.59. The molecule has 0 aliphatic rings. The summed E-state index contributed by atoms with van der Waals surface area (Å²) in [6.45, 7) is 4.12. The number of hydrogen-bond donors (Lipinski definition) is 2. The first-order valence-corrected chi connectivity index (χ1v) is 15.5. The van der Waals surface area contributed by atoms with Crippen LogP contribution < -0.4 is 0 Å². The lowest BCUT2D eigenvalue weighted by atomic mass is 10.0. The Morgan fingerprint density at radius 3 is 0.939 bits per heavy atom. The van der Waals surface area contributed by atoms with Crippen molar-refractivity contribution in [2.45, 2.75) is 199 Å². The van der Waals surface area contributed by atoms with E-state index in [1.165, 1.54) is 141 Å². The molecule has 0 aromatic rings. The Labute approximate surface area is 209 Å². The van der Waals surface area contributed by atoms with Crippen molar-refractivity contribution in [3.63, 3.8) is 0 Å². The zero-order chi connectivity index (χ0) is 24.2. The summed E-state index contributed by atoms with van der Waals surface area (Å²) < 4.78 is 0. The van der Waals surface area contributed by atoms with Crippen LogP contribution in [0.15, 0.2) is 0 Å². The fraction of sp³-hybridized carbons (Fsp3) is 1.00. The average molecular weight is 469 g/mol. The lowest BCUT2D eigenvalue weighted by Crippen LogP contribution is -2.08. The highest BCUT2D eigenvalue weighted by atomic mass is 16.3. The van der Waals surface area contributed by atoms with Crippen molar-refractivity contribution in [3.8, 4) is 0 Å². The Hall–Kier alpha value is -0.0800. The van der Waals surface area contributed by atoms with Crippen molar-refractivity contribution < 1.29 is 10.2 Å². The molecule has 0 rings (SSSR count). The molecule has 0 heterocycles. The first-order valence-electron chi connectivity index (χ1n) is 15.5. The van der Waals surface area contributed by atoms with E-state index in [0.717, 1.165) is 32.1 Å². The van der Waals surface area contributed by atoms with Crippen molar-refractivity contribution in [3.05, 3.63) is 0 Å². The normalized spacial score (nSPS) is 13.5. The van der Waals surface area contributed by atoms with Gasteiger partial charge in [0.2, 0.25) is 0 Å². The molecule has 0 saturated carbocycles. The molecular weight excluding hydrogens is 404 g/mol. The highest BCUT2D eigenvalue weighted by Gasteiger charge is 2.05. The topological polar surface area (TPSA) is 40.5 Å². The lowest BCUT2D eigenvalue weighted by molar-refractivity contribution is 0.133. The molecule has 0 fully saturated rings. The van der Waals surface area contributed by atoms with E-state index in [0.29, 0.717) is 0 Å². The maximum Gasteiger partial charge on any atom is 0.0540 e. The van der Waals surface area contributed by atoms with Crippen LogP contribution in [0, 0.1) is 0 Å². The van der Waals surface area contributed by atoms with Crippen LogP contribution in [0.25, 0.3) is 0 Å². The molecule has 0 bridgehead atoms. The number of rotatable bonds is 28. The van der Waals surface area contributed by atoms with Crippen molar-refractivity contribution in [1.29, 1.82) is 0 Å². The van der Waals surface area contributed by atoms with Crippen LogP contribution in [0.4, 0.5) is 0 Å². The maximum absolute atomic E-state index is 9.95. The summed E-state index contributed by atoms with van der Waals surface area (Å²) in [5, 5.41) is 19.2. The minimum atomic E-state index is -0.226. The fourth-order valence-corrected chi connectivity index (χ4v) is 4.96. The summed E-state index contributed by atoms with van der Waals surface area (Å²) in [7, 11) is 0. The lowest BCUT2D eigenvalue weighted by Gasteiger charge is -2.11. The minimum Gasteiger partial charge on any atom is -0.393 e. The zero-order valence-corrected chi connectivity index (χ0v) is 23.1. The first-order chi connectivity index (χ1) is 16.2. The van der Waals surface area contributed by atoms with Gasteiger partial charge in [0.05, 0.1) is 12.2 Å². The zero-order valence-electron chi connectivity index (χ0n) is 23.1. The van der Waals surface area contributed by atoms with Crippen LogP contribution in [0.5, 0.6) is 0 Å². The number of hydrogen-bond acceptors (Lipinski definition) is 2. The van der Waals surface area contributed by atoms with E-state index >= 15 is 0 Å². The van der Waals surface area contributed by atoms with Gasteiger partial charge >= 0.3 is 0 Å². The van der Waals surface area contributed by atoms with Gasteiger partial charge in [-0.2, -0.15) is 0 Å². The van der Waals surface area contributed by atoms with E-state index in [4.69, 9.17) is 0 Å². The molecule has 33 heavy (non-hydrogen) atoms. The van der Waals surface area contributed by atoms with E-state index in [1.54, 1.807) is 0 Å². The fourth-order valence-electron chi connectivity index (χ4n) is 4.96. The van der Waals surface area contributed by atoms with Gasteiger partial charge in [-0.3, -0.25) is 0 Å². The molecule has 0 aliphatic carbocycles. The van der Waals surface area contributed by atoms with Crippen LogP contribution >= 0.6 is 0 Å². The number of aliphatic hydroxyl groups is 2. The van der Waals surface area contributed by atoms with Gasteiger partial charge in [0.15, 0.2) is 0 Å². The maximum atomic E-state index is 9.95. The Morgan fingerprint density at radius 2 is 0.636 bits per heavy atom. The quantitative estimate of drug-likeness (QED) is 0.112. The van der Waals surface area contributed by atoms with Gasteiger partial charge in [-0.15, -0.1) is 0 Å². The molecular formula is C31H64O2. The van der Waals surface area contributed by atoms with Crippen LogP contribution in [0.1, 0.15) is 187 Å². The SMILES string of the molecule is CCCCCCCCCCCCCCCCCCCCCCCCCC(O)CCCC(C)O. The molecule has 2 nitrogen and oxygen atoms in total. The Kier molecular flexibility index (Phi) is 28.1. The summed E-state index contributed by atoms with van der Waals surface area (Å²) >= 11 is 0. The highest BCUT2D eigenvalue weighted by Crippen LogP contribution is 2.16. The largest absolute Gasteiger partial charge is 0.393 e. The summed E-state index contributed by atoms with van der Waals surface area (Å²) in [4.78, 5) is 0. The van der Waals surface area contributed by atoms with E-state index in [9.17, 15) is 10.2 Å². The van der Waals surface area contributed by atoms with Crippen molar-refractivity contribution >= 4 is 0 Å². The van der Waals surface area contributed by atoms with E-state index in [2.05, 4.69) is 6.92 Å². The van der Waals surface area contributed by atoms with Gasteiger partial charge in [0.25, 0.3) is 0 Å². The Morgan fingerprint density at radius 1 is 0.364 bits per heavy atom. The van der Waals surface area contributed by atoms with E-state index in [-0.39, 0.29) is 12.2 Å². The minimum absolute atomic E-state index is 0.154.